The number of rotatable bonds is 69. The summed E-state index contributed by atoms with van der Waals surface area (Å²) in [5.74, 6) is -0.203. The van der Waals surface area contributed by atoms with E-state index in [9.17, 15) is 19.4 Å². The molecule has 3 unspecified atom stereocenters. The molecular weight excluding hydrogens is 1100 g/mol. The number of carbonyl (C=O) groups is 1. The molecule has 0 saturated heterocycles. The summed E-state index contributed by atoms with van der Waals surface area (Å²) in [6.45, 7) is 4.55. The number of phosphoric acid groups is 1. The number of carbonyl (C=O) groups excluding carboxylic acids is 1. The molecule has 0 saturated carbocycles. The number of unbranched alkanes of at least 4 members (excludes halogenated alkanes) is 42. The van der Waals surface area contributed by atoms with Crippen LogP contribution in [0.3, 0.4) is 0 Å². The molecule has 0 bridgehead atoms. The zero-order valence-corrected chi connectivity index (χ0v) is 59.6. The fourth-order valence-electron chi connectivity index (χ4n) is 11.0. The highest BCUT2D eigenvalue weighted by Crippen LogP contribution is 2.38. The van der Waals surface area contributed by atoms with E-state index in [-0.39, 0.29) is 12.5 Å². The number of nitrogens with zero attached hydrogens (tertiary/aromatic N) is 1. The lowest BCUT2D eigenvalue weighted by Crippen LogP contribution is -2.45. The number of nitrogens with one attached hydrogen (secondary N) is 1. The van der Waals surface area contributed by atoms with Gasteiger partial charge in [0.15, 0.2) is 0 Å². The minimum atomic E-state index is -4.62. The van der Waals surface area contributed by atoms with Crippen molar-refractivity contribution in [3.05, 3.63) is 97.2 Å². The fraction of sp³-hybridized carbons (Fsp3) is 0.785. The summed E-state index contributed by atoms with van der Waals surface area (Å²) in [5.41, 5.74) is 0. The molecule has 0 fully saturated rings. The lowest BCUT2D eigenvalue weighted by molar-refractivity contribution is -0.870. The van der Waals surface area contributed by atoms with Crippen LogP contribution in [0.2, 0.25) is 0 Å². The third-order valence-corrected chi connectivity index (χ3v) is 17.7. The van der Waals surface area contributed by atoms with E-state index in [1.165, 1.54) is 250 Å². The highest BCUT2D eigenvalue weighted by Gasteiger charge is 2.23. The van der Waals surface area contributed by atoms with Gasteiger partial charge in [0.2, 0.25) is 5.91 Å². The molecule has 9 heteroatoms. The Labute approximate surface area is 547 Å². The first-order valence-electron chi connectivity index (χ1n) is 37.6. The lowest BCUT2D eigenvalue weighted by atomic mass is 10.0. The molecule has 0 aliphatic carbocycles. The quantitative estimate of drug-likeness (QED) is 0.0272. The first kappa shape index (κ1) is 85.4. The van der Waals surface area contributed by atoms with Crippen LogP contribution in [0, 0.1) is 0 Å². The molecule has 0 spiro atoms. The summed E-state index contributed by atoms with van der Waals surface area (Å²) < 4.78 is 23.5. The topological polar surface area (TPSA) is 108 Å². The van der Waals surface area contributed by atoms with Crippen LogP contribution in [0.4, 0.5) is 0 Å². The Morgan fingerprint density at radius 2 is 0.705 bits per heavy atom. The Morgan fingerprint density at radius 1 is 0.409 bits per heavy atom. The number of amides is 1. The minimum absolute atomic E-state index is 0.00707. The lowest BCUT2D eigenvalue weighted by Gasteiger charge is -2.29. The Bertz CT molecular complexity index is 1760. The third-order valence-electron chi connectivity index (χ3n) is 16.8. The molecule has 1 amide bonds. The van der Waals surface area contributed by atoms with E-state index in [0.29, 0.717) is 17.4 Å². The Kier molecular flexibility index (Phi) is 66.8. The number of likely N-dealkylation sites (N-methyl/N-ethyl adjacent to an activating group) is 1. The number of allylic oxidation sites excluding steroid dienone is 15. The second-order valence-corrected chi connectivity index (χ2v) is 28.0. The van der Waals surface area contributed by atoms with Crippen molar-refractivity contribution in [3.8, 4) is 0 Å². The molecule has 88 heavy (non-hydrogen) atoms. The van der Waals surface area contributed by atoms with Crippen LogP contribution in [-0.4, -0.2) is 68.5 Å². The van der Waals surface area contributed by atoms with Gasteiger partial charge in [-0.2, -0.15) is 0 Å². The molecule has 0 aromatic rings. The molecule has 0 aliphatic heterocycles. The third kappa shape index (κ3) is 70.9. The zero-order valence-electron chi connectivity index (χ0n) is 58.7. The molecule has 0 rings (SSSR count). The van der Waals surface area contributed by atoms with E-state index in [1.807, 2.05) is 27.2 Å². The van der Waals surface area contributed by atoms with E-state index >= 15 is 0 Å². The van der Waals surface area contributed by atoms with Crippen LogP contribution in [-0.2, 0) is 18.4 Å². The maximum Gasteiger partial charge on any atom is 0.268 e. The van der Waals surface area contributed by atoms with Crippen LogP contribution in [0.5, 0.6) is 0 Å². The normalized spacial score (nSPS) is 14.1. The van der Waals surface area contributed by atoms with Gasteiger partial charge in [-0.25, -0.2) is 0 Å². The second-order valence-electron chi connectivity index (χ2n) is 26.6. The SMILES string of the molecule is CC/C=C\C/C=C\C/C=C\C/C=C\C/C=C\C/C=C\CCCCCCCCCCCCCCCCCCCCCCCCC(=O)NC(COP(=O)([O-])OCC[N+](C)(C)C)C(O)/C=C/CC/C=C/CCCCCCCCCCCCCCCCCCCCC. The zero-order chi connectivity index (χ0) is 64.1. The predicted octanol–water partition coefficient (Wildman–Crippen LogP) is 23.8. The molecule has 0 heterocycles. The van der Waals surface area contributed by atoms with Crippen LogP contribution in [0.25, 0.3) is 0 Å². The monoisotopic (exact) mass is 1250 g/mol. The van der Waals surface area contributed by atoms with Gasteiger partial charge in [-0.1, -0.05) is 355 Å². The van der Waals surface area contributed by atoms with Gasteiger partial charge in [-0.15, -0.1) is 0 Å². The van der Waals surface area contributed by atoms with E-state index in [0.717, 1.165) is 77.0 Å². The van der Waals surface area contributed by atoms with Crippen LogP contribution in [0.15, 0.2) is 97.2 Å². The number of aliphatic hydroxyl groups excluding tert-OH is 1. The van der Waals surface area contributed by atoms with Gasteiger partial charge in [-0.3, -0.25) is 9.36 Å². The van der Waals surface area contributed by atoms with Crippen molar-refractivity contribution in [2.24, 2.45) is 0 Å². The summed E-state index contributed by atoms with van der Waals surface area (Å²) in [5, 5.41) is 14.0. The number of phosphoric ester groups is 1. The Morgan fingerprint density at radius 3 is 1.06 bits per heavy atom. The summed E-state index contributed by atoms with van der Waals surface area (Å²) in [7, 11) is 1.25. The van der Waals surface area contributed by atoms with Gasteiger partial charge in [-0.05, 0) is 83.5 Å². The van der Waals surface area contributed by atoms with E-state index < -0.39 is 26.6 Å². The van der Waals surface area contributed by atoms with Crippen LogP contribution in [0.1, 0.15) is 348 Å². The molecule has 8 nitrogen and oxygen atoms in total. The number of aliphatic hydroxyl groups is 1. The highest BCUT2D eigenvalue weighted by molar-refractivity contribution is 7.45. The minimum Gasteiger partial charge on any atom is -0.756 e. The molecule has 0 aliphatic rings. The predicted molar refractivity (Wildman–Crippen MR) is 385 cm³/mol. The van der Waals surface area contributed by atoms with Crippen molar-refractivity contribution < 1.29 is 32.9 Å². The molecule has 0 aromatic heterocycles. The van der Waals surface area contributed by atoms with E-state index in [1.54, 1.807) is 6.08 Å². The number of hydrogen-bond donors (Lipinski definition) is 2. The number of quaternary nitrogens is 1. The van der Waals surface area contributed by atoms with Crippen molar-refractivity contribution in [2.75, 3.05) is 40.9 Å². The fourth-order valence-corrected chi connectivity index (χ4v) is 11.7. The molecule has 0 radical (unpaired) electrons. The molecule has 0 aromatic carbocycles. The van der Waals surface area contributed by atoms with Gasteiger partial charge in [0.05, 0.1) is 39.9 Å². The molecule has 2 N–H and O–H groups in total. The van der Waals surface area contributed by atoms with Gasteiger partial charge in [0.1, 0.15) is 13.2 Å². The summed E-state index contributed by atoms with van der Waals surface area (Å²) in [4.78, 5) is 25.7. The van der Waals surface area contributed by atoms with Gasteiger partial charge >= 0.3 is 0 Å². The summed E-state index contributed by atoms with van der Waals surface area (Å²) in [6.07, 6.45) is 99.9. The smallest absolute Gasteiger partial charge is 0.268 e. The summed E-state index contributed by atoms with van der Waals surface area (Å²) in [6, 6.07) is -0.907. The van der Waals surface area contributed by atoms with E-state index in [4.69, 9.17) is 9.05 Å². The largest absolute Gasteiger partial charge is 0.756 e. The second kappa shape index (κ2) is 68.8. The molecule has 512 valence electrons. The summed E-state index contributed by atoms with van der Waals surface area (Å²) >= 11 is 0. The van der Waals surface area contributed by atoms with Gasteiger partial charge in [0.25, 0.3) is 7.82 Å². The maximum atomic E-state index is 13.1. The standard InChI is InChI=1S/C79H145N2O6P/c1-6-8-10-12-14-16-18-20-22-24-26-28-30-32-33-34-35-36-37-38-39-40-41-42-43-44-45-46-47-49-51-53-55-57-59-61-63-65-67-69-71-73-79(83)80-77(76-87-88(84,85)86-75-74-81(3,4)5)78(82)72-70-68-66-64-62-60-58-56-54-52-50-48-31-29-27-25-23-21-19-17-15-13-11-9-7-2/h8,10,14,16,20,22,26,28,32-33,35-36,62,64,70,72,77-78,82H,6-7,9,11-13,15,17-19,21,23-25,27,29-31,34,37-61,63,65-69,71,73-76H2,1-5H3,(H-,80,83,84,85)/b10-8-,16-14-,22-20-,28-26-,33-32-,36-35-,64-62+,72-70+. The maximum absolute atomic E-state index is 13.1. The van der Waals surface area contributed by atoms with Crippen molar-refractivity contribution in [1.82, 2.24) is 5.32 Å². The molecular formula is C79H145N2O6P. The first-order valence-corrected chi connectivity index (χ1v) is 39.1. The number of hydrogen-bond acceptors (Lipinski definition) is 6. The molecule has 3 atom stereocenters. The van der Waals surface area contributed by atoms with Crippen LogP contribution < -0.4 is 10.2 Å². The highest BCUT2D eigenvalue weighted by atomic mass is 31.2. The van der Waals surface area contributed by atoms with Crippen LogP contribution >= 0.6 is 7.82 Å². The first-order chi connectivity index (χ1) is 43.0. The van der Waals surface area contributed by atoms with E-state index in [2.05, 4.69) is 104 Å². The van der Waals surface area contributed by atoms with Crippen molar-refractivity contribution >= 4 is 13.7 Å². The van der Waals surface area contributed by atoms with Gasteiger partial charge < -0.3 is 28.8 Å². The van der Waals surface area contributed by atoms with Gasteiger partial charge in [0, 0.05) is 6.42 Å². The van der Waals surface area contributed by atoms with Crippen molar-refractivity contribution in [3.63, 3.8) is 0 Å². The van der Waals surface area contributed by atoms with Crippen molar-refractivity contribution in [2.45, 2.75) is 360 Å². The Hall–Kier alpha value is -2.58. The van der Waals surface area contributed by atoms with Crippen molar-refractivity contribution in [1.29, 1.82) is 0 Å². The Balaban J connectivity index is 3.99. The average Bonchev–Trinajstić information content (AvgIpc) is 3.71. The average molecular weight is 1250 g/mol.